The summed E-state index contributed by atoms with van der Waals surface area (Å²) < 4.78 is 11.1. The molecule has 0 aliphatic carbocycles. The summed E-state index contributed by atoms with van der Waals surface area (Å²) in [5.74, 6) is -0.676. The minimum absolute atomic E-state index is 0.676. The van der Waals surface area contributed by atoms with Crippen molar-refractivity contribution in [3.63, 3.8) is 0 Å². The topological polar surface area (TPSA) is 12.9 Å². The highest BCUT2D eigenvalue weighted by Crippen LogP contribution is 2.46. The Labute approximate surface area is 203 Å². The van der Waals surface area contributed by atoms with E-state index in [-0.39, 0.29) is 0 Å². The molecule has 0 unspecified atom stereocenters. The van der Waals surface area contributed by atoms with Crippen LogP contribution in [0, 0.1) is 0 Å². The Morgan fingerprint density at radius 2 is 1.41 bits per heavy atom. The number of fused-ring (bicyclic) bond motifs is 9. The van der Waals surface area contributed by atoms with Crippen LogP contribution < -0.4 is 0 Å². The van der Waals surface area contributed by atoms with Crippen LogP contribution in [0.3, 0.4) is 0 Å². The summed E-state index contributed by atoms with van der Waals surface area (Å²) in [5.41, 5.74) is 3.04. The van der Waals surface area contributed by atoms with Crippen molar-refractivity contribution in [1.82, 2.24) is 4.98 Å². The molecule has 7 rings (SSSR count). The van der Waals surface area contributed by atoms with E-state index >= 15 is 0 Å². The zero-order chi connectivity index (χ0) is 23.7. The van der Waals surface area contributed by atoms with Gasteiger partial charge in [-0.25, -0.2) is 0 Å². The van der Waals surface area contributed by atoms with E-state index in [9.17, 15) is 0 Å². The molecule has 0 spiro atoms. The van der Waals surface area contributed by atoms with Gasteiger partial charge in [-0.15, -0.1) is 11.3 Å². The van der Waals surface area contributed by atoms with Crippen LogP contribution in [0.1, 0.15) is 26.7 Å². The molecule has 0 bridgehead atoms. The maximum atomic E-state index is 8.55. The van der Waals surface area contributed by atoms with E-state index < -0.39 is 5.89 Å². The molecule has 0 radical (unpaired) electrons. The number of rotatable bonds is 2. The summed E-state index contributed by atoms with van der Waals surface area (Å²) in [6, 6.07) is 32.7. The number of pyridine rings is 1. The smallest absolute Gasteiger partial charge is 0.0719 e. The first-order valence-corrected chi connectivity index (χ1v) is 12.5. The molecule has 7 aromatic rings. The Balaban J connectivity index is 1.64. The van der Waals surface area contributed by atoms with E-state index in [0.29, 0.717) is 0 Å². The molecule has 0 saturated carbocycles. The highest BCUT2D eigenvalue weighted by Gasteiger charge is 2.17. The maximum absolute atomic E-state index is 8.55. The molecule has 2 heteroatoms. The average molecular weight is 455 g/mol. The van der Waals surface area contributed by atoms with Crippen molar-refractivity contribution in [1.29, 1.82) is 0 Å². The second-order valence-electron chi connectivity index (χ2n) is 9.21. The molecule has 0 fully saturated rings. The molecule has 5 aromatic carbocycles. The van der Waals surface area contributed by atoms with E-state index in [1.807, 2.05) is 37.4 Å². The second kappa shape index (κ2) is 7.38. The van der Waals surface area contributed by atoms with Gasteiger partial charge in [0.2, 0.25) is 0 Å². The molecule has 0 atom stereocenters. The van der Waals surface area contributed by atoms with Crippen molar-refractivity contribution >= 4 is 63.8 Å². The van der Waals surface area contributed by atoms with Gasteiger partial charge in [0, 0.05) is 38.7 Å². The minimum Gasteiger partial charge on any atom is -0.256 e. The van der Waals surface area contributed by atoms with E-state index in [1.165, 1.54) is 52.5 Å². The summed E-state index contributed by atoms with van der Waals surface area (Å²) in [7, 11) is 0. The first-order chi connectivity index (χ1) is 17.0. The van der Waals surface area contributed by atoms with Crippen molar-refractivity contribution in [2.75, 3.05) is 0 Å². The average Bonchev–Trinajstić information content (AvgIpc) is 3.28. The molecule has 0 aliphatic rings. The molecule has 162 valence electrons. The highest BCUT2D eigenvalue weighted by molar-refractivity contribution is 7.27. The van der Waals surface area contributed by atoms with Gasteiger partial charge in [-0.1, -0.05) is 86.6 Å². The molecule has 1 nitrogen and oxygen atoms in total. The Morgan fingerprint density at radius 1 is 0.676 bits per heavy atom. The SMILES string of the molecule is [2H]C(C)(C)c1ccnc(-c2cc3ccccc3c3c2sc2c4ccc5ccccc5c4ccc23)c1. The molecule has 2 aromatic heterocycles. The first kappa shape index (κ1) is 18.7. The molecular formula is C32H23NS. The van der Waals surface area contributed by atoms with Crippen molar-refractivity contribution in [3.05, 3.63) is 103 Å². The molecule has 0 aliphatic heterocycles. The van der Waals surface area contributed by atoms with E-state index in [2.05, 4.69) is 84.9 Å². The number of thiophene rings is 1. The van der Waals surface area contributed by atoms with Crippen LogP contribution in [-0.2, 0) is 0 Å². The van der Waals surface area contributed by atoms with E-state index in [4.69, 9.17) is 6.35 Å². The molecule has 0 amide bonds. The number of nitrogens with zero attached hydrogens (tertiary/aromatic N) is 1. The van der Waals surface area contributed by atoms with Crippen LogP contribution in [0.2, 0.25) is 0 Å². The van der Waals surface area contributed by atoms with Gasteiger partial charge in [0.25, 0.3) is 0 Å². The third-order valence-electron chi connectivity index (χ3n) is 6.96. The van der Waals surface area contributed by atoms with E-state index in [1.54, 1.807) is 0 Å². The lowest BCUT2D eigenvalue weighted by Gasteiger charge is -2.10. The maximum Gasteiger partial charge on any atom is 0.0719 e. The molecular weight excluding hydrogens is 430 g/mol. The molecule has 0 saturated heterocycles. The fourth-order valence-corrected chi connectivity index (χ4v) is 6.62. The lowest BCUT2D eigenvalue weighted by Crippen LogP contribution is -1.91. The van der Waals surface area contributed by atoms with E-state index in [0.717, 1.165) is 16.8 Å². The standard InChI is InChI=1S/C32H23NS/c1-19(2)21-15-16-33-29(18-21)28-17-22-8-4-6-10-24(22)30-27-14-13-25-23-9-5-3-7-20(23)11-12-26(25)31(27)34-32(28)30/h3-19H,1-2H3/i19D. The third-order valence-corrected chi connectivity index (χ3v) is 8.24. The van der Waals surface area contributed by atoms with Crippen LogP contribution in [0.25, 0.3) is 63.7 Å². The highest BCUT2D eigenvalue weighted by atomic mass is 32.1. The van der Waals surface area contributed by atoms with Gasteiger partial charge in [-0.3, -0.25) is 4.98 Å². The van der Waals surface area contributed by atoms with Gasteiger partial charge >= 0.3 is 0 Å². The van der Waals surface area contributed by atoms with Crippen LogP contribution in [0.4, 0.5) is 0 Å². The first-order valence-electron chi connectivity index (χ1n) is 12.1. The molecule has 34 heavy (non-hydrogen) atoms. The Morgan fingerprint density at radius 3 is 2.26 bits per heavy atom. The lowest BCUT2D eigenvalue weighted by molar-refractivity contribution is 0.864. The lowest BCUT2D eigenvalue weighted by atomic mass is 9.95. The van der Waals surface area contributed by atoms with Crippen LogP contribution >= 0.6 is 11.3 Å². The minimum atomic E-state index is -0.676. The zero-order valence-corrected chi connectivity index (χ0v) is 19.9. The number of hydrogen-bond donors (Lipinski definition) is 0. The Hall–Kier alpha value is -3.75. The summed E-state index contributed by atoms with van der Waals surface area (Å²) in [5, 5.41) is 10.2. The zero-order valence-electron chi connectivity index (χ0n) is 20.1. The fourth-order valence-electron chi connectivity index (χ4n) is 5.25. The monoisotopic (exact) mass is 454 g/mol. The van der Waals surface area contributed by atoms with Crippen molar-refractivity contribution in [3.8, 4) is 11.3 Å². The van der Waals surface area contributed by atoms with Gasteiger partial charge in [0.05, 0.1) is 5.69 Å². The van der Waals surface area contributed by atoms with Gasteiger partial charge in [-0.2, -0.15) is 0 Å². The predicted octanol–water partition coefficient (Wildman–Crippen LogP) is 9.70. The van der Waals surface area contributed by atoms with Crippen molar-refractivity contribution in [2.24, 2.45) is 0 Å². The van der Waals surface area contributed by atoms with Crippen LogP contribution in [-0.4, -0.2) is 4.98 Å². The van der Waals surface area contributed by atoms with Gasteiger partial charge < -0.3 is 0 Å². The summed E-state index contributed by atoms with van der Waals surface area (Å²) in [6.45, 7) is 3.86. The largest absolute Gasteiger partial charge is 0.256 e. The van der Waals surface area contributed by atoms with Crippen LogP contribution in [0.15, 0.2) is 97.2 Å². The summed E-state index contributed by atoms with van der Waals surface area (Å²) >= 11 is 1.86. The quantitative estimate of drug-likeness (QED) is 0.237. The normalized spacial score (nSPS) is 12.8. The van der Waals surface area contributed by atoms with Gasteiger partial charge in [0.15, 0.2) is 0 Å². The van der Waals surface area contributed by atoms with Crippen LogP contribution in [0.5, 0.6) is 0 Å². The molecule has 2 heterocycles. The Kier molecular flexibility index (Phi) is 4.05. The number of hydrogen-bond acceptors (Lipinski definition) is 2. The third kappa shape index (κ3) is 2.82. The number of benzene rings is 5. The number of aromatic nitrogens is 1. The van der Waals surface area contributed by atoms with Gasteiger partial charge in [0.1, 0.15) is 0 Å². The summed E-state index contributed by atoms with van der Waals surface area (Å²) in [4.78, 5) is 4.78. The van der Waals surface area contributed by atoms with Gasteiger partial charge in [-0.05, 0) is 56.6 Å². The second-order valence-corrected chi connectivity index (χ2v) is 10.2. The molecule has 0 N–H and O–H groups in total. The summed E-state index contributed by atoms with van der Waals surface area (Å²) in [6.07, 6.45) is 1.84. The van der Waals surface area contributed by atoms with Crippen molar-refractivity contribution < 1.29 is 1.37 Å². The Bertz CT molecular complexity index is 1940. The fraction of sp³-hybridized carbons (Fsp3) is 0.0938. The predicted molar refractivity (Wildman–Crippen MR) is 149 cm³/mol. The van der Waals surface area contributed by atoms with Crippen molar-refractivity contribution in [2.45, 2.75) is 19.7 Å².